The monoisotopic (exact) mass is 400 g/mol. The minimum Gasteiger partial charge on any atom is -0.453 e. The van der Waals surface area contributed by atoms with Crippen molar-refractivity contribution in [1.29, 1.82) is 0 Å². The smallest absolute Gasteiger partial charge is 0.226 e. The maximum Gasteiger partial charge on any atom is 0.226 e. The molecule has 1 N–H and O–H groups in total. The molecule has 2 aromatic carbocycles. The molecule has 5 rings (SSSR count). The predicted molar refractivity (Wildman–Crippen MR) is 111 cm³/mol. The van der Waals surface area contributed by atoms with Crippen LogP contribution in [-0.2, 0) is 6.54 Å². The van der Waals surface area contributed by atoms with Crippen LogP contribution >= 0.6 is 0 Å². The molecule has 3 heterocycles. The molecule has 0 aliphatic carbocycles. The normalized spacial score (nSPS) is 11.1. The Kier molecular flexibility index (Phi) is 4.44. The summed E-state index contributed by atoms with van der Waals surface area (Å²) >= 11 is 0. The molecular weight excluding hydrogens is 383 g/mol. The second-order valence-corrected chi connectivity index (χ2v) is 6.76. The molecule has 5 aromatic rings. The maximum absolute atomic E-state index is 14.5. The summed E-state index contributed by atoms with van der Waals surface area (Å²) < 4.78 is 21.7. The van der Waals surface area contributed by atoms with Gasteiger partial charge in [0.1, 0.15) is 11.6 Å². The zero-order chi connectivity index (χ0) is 20.5. The Morgan fingerprint density at radius 3 is 2.80 bits per heavy atom. The van der Waals surface area contributed by atoms with E-state index in [1.54, 1.807) is 35.0 Å². The first-order valence-electron chi connectivity index (χ1n) is 9.40. The average Bonchev–Trinajstić information content (AvgIpc) is 3.16. The van der Waals surface area contributed by atoms with Gasteiger partial charge < -0.3 is 10.1 Å². The summed E-state index contributed by atoms with van der Waals surface area (Å²) in [6.07, 6.45) is 3.16. The Balaban J connectivity index is 1.40. The third-order valence-corrected chi connectivity index (χ3v) is 4.59. The molecule has 148 valence electrons. The molecule has 30 heavy (non-hydrogen) atoms. The van der Waals surface area contributed by atoms with E-state index in [0.29, 0.717) is 24.1 Å². The molecule has 0 amide bonds. The van der Waals surface area contributed by atoms with Crippen LogP contribution in [0.4, 0.5) is 10.3 Å². The van der Waals surface area contributed by atoms with Crippen LogP contribution in [0, 0.1) is 12.7 Å². The molecule has 0 aliphatic heterocycles. The van der Waals surface area contributed by atoms with Gasteiger partial charge in [0.2, 0.25) is 5.95 Å². The lowest BCUT2D eigenvalue weighted by molar-refractivity contribution is 0.440. The highest BCUT2D eigenvalue weighted by atomic mass is 19.1. The number of hydrogen-bond donors (Lipinski definition) is 1. The number of pyridine rings is 1. The Labute approximate surface area is 171 Å². The fourth-order valence-electron chi connectivity index (χ4n) is 3.23. The fraction of sp³-hybridized carbons (Fsp3) is 0.0909. The van der Waals surface area contributed by atoms with E-state index in [1.807, 2.05) is 31.2 Å². The van der Waals surface area contributed by atoms with Gasteiger partial charge in [-0.3, -0.25) is 4.98 Å². The van der Waals surface area contributed by atoms with E-state index >= 15 is 0 Å². The summed E-state index contributed by atoms with van der Waals surface area (Å²) in [6.45, 7) is 2.20. The summed E-state index contributed by atoms with van der Waals surface area (Å²) in [5.41, 5.74) is 2.28. The van der Waals surface area contributed by atoms with Crippen LogP contribution in [0.5, 0.6) is 11.5 Å². The number of ether oxygens (including phenoxy) is 1. The SMILES string of the molecule is Cc1nc2c3ccccc3nc(NCc3ccc(Oc4cccnc4)c(F)c3)n2n1. The highest BCUT2D eigenvalue weighted by Gasteiger charge is 2.12. The number of fused-ring (bicyclic) bond motifs is 3. The summed E-state index contributed by atoms with van der Waals surface area (Å²) in [6, 6.07) is 16.0. The molecule has 0 aliphatic rings. The molecule has 7 nitrogen and oxygen atoms in total. The maximum atomic E-state index is 14.5. The van der Waals surface area contributed by atoms with Crippen molar-refractivity contribution >= 4 is 22.5 Å². The summed E-state index contributed by atoms with van der Waals surface area (Å²) in [5.74, 6) is 1.36. The van der Waals surface area contributed by atoms with Crippen molar-refractivity contribution in [2.24, 2.45) is 0 Å². The molecule has 0 spiro atoms. The molecule has 0 radical (unpaired) electrons. The van der Waals surface area contributed by atoms with Gasteiger partial charge in [-0.2, -0.15) is 4.52 Å². The van der Waals surface area contributed by atoms with Crippen molar-refractivity contribution in [2.45, 2.75) is 13.5 Å². The van der Waals surface area contributed by atoms with Gasteiger partial charge in [0.15, 0.2) is 17.2 Å². The quantitative estimate of drug-likeness (QED) is 0.467. The van der Waals surface area contributed by atoms with E-state index in [1.165, 1.54) is 12.3 Å². The summed E-state index contributed by atoms with van der Waals surface area (Å²) in [4.78, 5) is 13.1. The molecule has 8 heteroatoms. The molecule has 0 unspecified atom stereocenters. The van der Waals surface area contributed by atoms with Crippen LogP contribution in [-0.4, -0.2) is 24.6 Å². The topological polar surface area (TPSA) is 77.2 Å². The first kappa shape index (κ1) is 18.0. The average molecular weight is 400 g/mol. The Morgan fingerprint density at radius 2 is 1.97 bits per heavy atom. The van der Waals surface area contributed by atoms with Crippen LogP contribution in [0.1, 0.15) is 11.4 Å². The number of benzene rings is 2. The van der Waals surface area contributed by atoms with Crippen LogP contribution in [0.15, 0.2) is 67.0 Å². The Hall–Kier alpha value is -4.07. The minimum absolute atomic E-state index is 0.143. The lowest BCUT2D eigenvalue weighted by Gasteiger charge is -2.11. The third-order valence-electron chi connectivity index (χ3n) is 4.59. The standard InChI is InChI=1S/C22H17FN6O/c1-14-26-21-17-6-2-3-7-19(17)27-22(29(21)28-14)25-12-15-8-9-20(18(23)11-15)30-16-5-4-10-24-13-16/h2-11,13H,12H2,1H3,(H,25,27). The largest absolute Gasteiger partial charge is 0.453 e. The highest BCUT2D eigenvalue weighted by molar-refractivity contribution is 5.92. The first-order chi connectivity index (χ1) is 14.7. The van der Waals surface area contributed by atoms with Crippen molar-refractivity contribution in [3.63, 3.8) is 0 Å². The molecule has 3 aromatic heterocycles. The zero-order valence-electron chi connectivity index (χ0n) is 16.1. The van der Waals surface area contributed by atoms with Crippen molar-refractivity contribution in [3.8, 4) is 11.5 Å². The molecule has 0 saturated carbocycles. The van der Waals surface area contributed by atoms with Crippen molar-refractivity contribution in [3.05, 3.63) is 84.2 Å². The molecule has 0 fully saturated rings. The van der Waals surface area contributed by atoms with Crippen LogP contribution in [0.3, 0.4) is 0 Å². The van der Waals surface area contributed by atoms with Gasteiger partial charge in [-0.1, -0.05) is 18.2 Å². The van der Waals surface area contributed by atoms with E-state index < -0.39 is 5.82 Å². The summed E-state index contributed by atoms with van der Waals surface area (Å²) in [5, 5.41) is 8.60. The fourth-order valence-corrected chi connectivity index (χ4v) is 3.23. The van der Waals surface area contributed by atoms with Crippen LogP contribution < -0.4 is 10.1 Å². The lowest BCUT2D eigenvalue weighted by atomic mass is 10.2. The van der Waals surface area contributed by atoms with Crippen LogP contribution in [0.25, 0.3) is 16.6 Å². The number of anilines is 1. The number of nitrogens with zero attached hydrogens (tertiary/aromatic N) is 5. The second-order valence-electron chi connectivity index (χ2n) is 6.76. The van der Waals surface area contributed by atoms with Crippen molar-refractivity contribution < 1.29 is 9.13 Å². The molecular formula is C22H17FN6O. The van der Waals surface area contributed by atoms with Gasteiger partial charge >= 0.3 is 0 Å². The van der Waals surface area contributed by atoms with Gasteiger partial charge in [0.05, 0.1) is 11.7 Å². The predicted octanol–water partition coefficient (Wildman–Crippen LogP) is 4.52. The first-order valence-corrected chi connectivity index (χ1v) is 9.40. The van der Waals surface area contributed by atoms with Crippen molar-refractivity contribution in [1.82, 2.24) is 24.6 Å². The lowest BCUT2D eigenvalue weighted by Crippen LogP contribution is -2.08. The number of aryl methyl sites for hydroxylation is 1. The number of para-hydroxylation sites is 1. The van der Waals surface area contributed by atoms with Crippen molar-refractivity contribution in [2.75, 3.05) is 5.32 Å². The number of aromatic nitrogens is 5. The van der Waals surface area contributed by atoms with E-state index in [0.717, 1.165) is 22.1 Å². The van der Waals surface area contributed by atoms with Gasteiger partial charge in [-0.05, 0) is 48.9 Å². The Bertz CT molecular complexity index is 1350. The molecule has 0 atom stereocenters. The zero-order valence-corrected chi connectivity index (χ0v) is 16.1. The molecule has 0 bridgehead atoms. The van der Waals surface area contributed by atoms with Gasteiger partial charge in [0.25, 0.3) is 0 Å². The van der Waals surface area contributed by atoms with E-state index in [2.05, 4.69) is 25.4 Å². The van der Waals surface area contributed by atoms with E-state index in [9.17, 15) is 4.39 Å². The second kappa shape index (κ2) is 7.40. The third kappa shape index (κ3) is 3.39. The number of hydrogen-bond acceptors (Lipinski definition) is 6. The molecule has 0 saturated heterocycles. The van der Waals surface area contributed by atoms with E-state index in [-0.39, 0.29) is 5.75 Å². The number of nitrogens with one attached hydrogen (secondary N) is 1. The van der Waals surface area contributed by atoms with Gasteiger partial charge in [-0.25, -0.2) is 14.4 Å². The minimum atomic E-state index is -0.452. The summed E-state index contributed by atoms with van der Waals surface area (Å²) in [7, 11) is 0. The highest BCUT2D eigenvalue weighted by Crippen LogP contribution is 2.25. The Morgan fingerprint density at radius 1 is 1.07 bits per heavy atom. The van der Waals surface area contributed by atoms with Gasteiger partial charge in [0, 0.05) is 18.1 Å². The van der Waals surface area contributed by atoms with E-state index in [4.69, 9.17) is 4.74 Å². The van der Waals surface area contributed by atoms with Gasteiger partial charge in [-0.15, -0.1) is 5.10 Å². The number of rotatable bonds is 5. The van der Waals surface area contributed by atoms with Crippen LogP contribution in [0.2, 0.25) is 0 Å². The number of halogens is 1.